The first-order valence-electron chi connectivity index (χ1n) is 8.97. The Morgan fingerprint density at radius 1 is 1.15 bits per heavy atom. The lowest BCUT2D eigenvalue weighted by Crippen LogP contribution is -2.50. The zero-order valence-electron chi connectivity index (χ0n) is 15.3. The van der Waals surface area contributed by atoms with Gasteiger partial charge in [-0.1, -0.05) is 42.5 Å². The van der Waals surface area contributed by atoms with Crippen molar-refractivity contribution in [3.8, 4) is 0 Å². The van der Waals surface area contributed by atoms with E-state index < -0.39 is 6.04 Å². The van der Waals surface area contributed by atoms with Crippen LogP contribution in [0.5, 0.6) is 0 Å². The Balaban J connectivity index is 1.59. The van der Waals surface area contributed by atoms with Crippen molar-refractivity contribution in [3.63, 3.8) is 0 Å². The van der Waals surface area contributed by atoms with Crippen LogP contribution >= 0.6 is 0 Å². The third-order valence-corrected chi connectivity index (χ3v) is 4.84. The molecule has 0 spiro atoms. The fraction of sp³-hybridized carbons (Fsp3) is 0.333. The Hall–Kier alpha value is -2.73. The number of hydrogen-bond acceptors (Lipinski definition) is 4. The van der Waals surface area contributed by atoms with Gasteiger partial charge in [-0.2, -0.15) is 0 Å². The maximum absolute atomic E-state index is 13.6. The number of nitrogens with one attached hydrogen (secondary N) is 1. The number of methoxy groups -OCH3 is 1. The lowest BCUT2D eigenvalue weighted by molar-refractivity contribution is -0.148. The van der Waals surface area contributed by atoms with Crippen LogP contribution in [0.25, 0.3) is 0 Å². The Morgan fingerprint density at radius 3 is 2.59 bits per heavy atom. The second-order valence-corrected chi connectivity index (χ2v) is 6.61. The van der Waals surface area contributed by atoms with E-state index in [4.69, 9.17) is 4.74 Å². The van der Waals surface area contributed by atoms with Crippen LogP contribution in [0.1, 0.15) is 16.7 Å². The number of halogens is 1. The van der Waals surface area contributed by atoms with Crippen LogP contribution in [0.3, 0.4) is 0 Å². The Kier molecular flexibility index (Phi) is 6.19. The van der Waals surface area contributed by atoms with E-state index in [0.29, 0.717) is 31.5 Å². The number of carbonyl (C=O) groups excluding carboxylic acids is 2. The average molecular weight is 370 g/mol. The molecule has 1 amide bonds. The first-order chi connectivity index (χ1) is 13.1. The number of esters is 1. The summed E-state index contributed by atoms with van der Waals surface area (Å²) in [6.45, 7) is 0.940. The number of carbonyl (C=O) groups is 2. The summed E-state index contributed by atoms with van der Waals surface area (Å²) in [7, 11) is 1.36. The summed E-state index contributed by atoms with van der Waals surface area (Å²) >= 11 is 0. The highest BCUT2D eigenvalue weighted by molar-refractivity contribution is 5.81. The normalized spacial score (nSPS) is 16.4. The predicted molar refractivity (Wildman–Crippen MR) is 99.5 cm³/mol. The molecule has 6 heteroatoms. The molecule has 0 unspecified atom stereocenters. The number of nitrogens with zero attached hydrogens (tertiary/aromatic N) is 1. The van der Waals surface area contributed by atoms with Gasteiger partial charge in [0.25, 0.3) is 0 Å². The second kappa shape index (κ2) is 8.77. The summed E-state index contributed by atoms with van der Waals surface area (Å²) in [5.74, 6) is -0.812. The molecule has 0 aliphatic carbocycles. The maximum Gasteiger partial charge on any atom is 0.323 e. The molecule has 2 aromatic rings. The molecule has 1 heterocycles. The summed E-state index contributed by atoms with van der Waals surface area (Å²) in [4.78, 5) is 26.4. The molecular weight excluding hydrogens is 347 g/mol. The van der Waals surface area contributed by atoms with Crippen molar-refractivity contribution in [3.05, 3.63) is 71.0 Å². The Bertz CT molecular complexity index is 825. The molecule has 27 heavy (non-hydrogen) atoms. The van der Waals surface area contributed by atoms with Gasteiger partial charge in [0.05, 0.1) is 13.7 Å². The average Bonchev–Trinajstić information content (AvgIpc) is 2.68. The van der Waals surface area contributed by atoms with E-state index in [1.165, 1.54) is 13.2 Å². The van der Waals surface area contributed by atoms with Gasteiger partial charge in [-0.25, -0.2) is 4.39 Å². The van der Waals surface area contributed by atoms with E-state index in [2.05, 4.69) is 5.32 Å². The molecule has 1 aliphatic rings. The molecule has 0 fully saturated rings. The number of amides is 1. The minimum absolute atomic E-state index is 0.0887. The summed E-state index contributed by atoms with van der Waals surface area (Å²) in [6, 6.07) is 13.9. The second-order valence-electron chi connectivity index (χ2n) is 6.61. The van der Waals surface area contributed by atoms with Gasteiger partial charge in [0, 0.05) is 13.1 Å². The van der Waals surface area contributed by atoms with Gasteiger partial charge in [0.2, 0.25) is 5.91 Å². The highest BCUT2D eigenvalue weighted by Crippen LogP contribution is 2.23. The monoisotopic (exact) mass is 370 g/mol. The van der Waals surface area contributed by atoms with Crippen molar-refractivity contribution in [2.24, 2.45) is 0 Å². The summed E-state index contributed by atoms with van der Waals surface area (Å²) in [5, 5.41) is 2.81. The van der Waals surface area contributed by atoms with Gasteiger partial charge < -0.3 is 10.1 Å². The topological polar surface area (TPSA) is 58.6 Å². The number of benzene rings is 2. The molecular formula is C21H23FN2O3. The fourth-order valence-electron chi connectivity index (χ4n) is 3.39. The van der Waals surface area contributed by atoms with Gasteiger partial charge in [-0.05, 0) is 35.6 Å². The van der Waals surface area contributed by atoms with Crippen molar-refractivity contribution < 1.29 is 18.7 Å². The molecule has 1 N–H and O–H groups in total. The van der Waals surface area contributed by atoms with Crippen molar-refractivity contribution in [1.82, 2.24) is 10.2 Å². The Labute approximate surface area is 158 Å². The first kappa shape index (κ1) is 19.0. The number of ether oxygens (including phenoxy) is 1. The molecule has 0 saturated carbocycles. The Morgan fingerprint density at radius 2 is 1.85 bits per heavy atom. The van der Waals surface area contributed by atoms with Crippen LogP contribution in [-0.4, -0.2) is 43.0 Å². The van der Waals surface area contributed by atoms with E-state index >= 15 is 0 Å². The van der Waals surface area contributed by atoms with Crippen molar-refractivity contribution in [1.29, 1.82) is 0 Å². The number of rotatable bonds is 6. The predicted octanol–water partition coefficient (Wildman–Crippen LogP) is 2.08. The van der Waals surface area contributed by atoms with Crippen LogP contribution in [0, 0.1) is 5.82 Å². The molecule has 0 saturated heterocycles. The van der Waals surface area contributed by atoms with Crippen LogP contribution in [0.2, 0.25) is 0 Å². The van der Waals surface area contributed by atoms with Gasteiger partial charge in [0.15, 0.2) is 0 Å². The molecule has 1 aliphatic heterocycles. The van der Waals surface area contributed by atoms with Crippen LogP contribution in [-0.2, 0) is 33.7 Å². The SMILES string of the molecule is COC(=O)[C@@H]1Cc2ccccc2CN1CC(=O)NCCc1ccccc1F. The van der Waals surface area contributed by atoms with Crippen LogP contribution in [0.15, 0.2) is 48.5 Å². The minimum atomic E-state index is -0.484. The zero-order chi connectivity index (χ0) is 19.2. The lowest BCUT2D eigenvalue weighted by Gasteiger charge is -2.34. The smallest absolute Gasteiger partial charge is 0.323 e. The van der Waals surface area contributed by atoms with E-state index in [1.54, 1.807) is 18.2 Å². The molecule has 1 atom stereocenters. The van der Waals surface area contributed by atoms with Crippen molar-refractivity contribution >= 4 is 11.9 Å². The molecule has 0 aromatic heterocycles. The van der Waals surface area contributed by atoms with Crippen molar-refractivity contribution in [2.45, 2.75) is 25.4 Å². The van der Waals surface area contributed by atoms with Crippen molar-refractivity contribution in [2.75, 3.05) is 20.2 Å². The summed E-state index contributed by atoms with van der Waals surface area (Å²) in [6.07, 6.45) is 0.938. The standard InChI is InChI=1S/C21H23FN2O3/c1-27-21(26)19-12-16-7-2-3-8-17(16)13-24(19)14-20(25)23-11-10-15-6-4-5-9-18(15)22/h2-9,19H,10-14H2,1H3,(H,23,25)/t19-/m0/s1. The van der Waals surface area contributed by atoms with E-state index in [-0.39, 0.29) is 24.2 Å². The molecule has 0 radical (unpaired) electrons. The van der Waals surface area contributed by atoms with E-state index in [0.717, 1.165) is 11.1 Å². The van der Waals surface area contributed by atoms with Crippen LogP contribution in [0.4, 0.5) is 4.39 Å². The van der Waals surface area contributed by atoms with Gasteiger partial charge in [-0.15, -0.1) is 0 Å². The summed E-state index contributed by atoms with van der Waals surface area (Å²) in [5.41, 5.74) is 2.78. The van der Waals surface area contributed by atoms with Gasteiger partial charge in [-0.3, -0.25) is 14.5 Å². The van der Waals surface area contributed by atoms with E-state index in [9.17, 15) is 14.0 Å². The van der Waals surface area contributed by atoms with E-state index in [1.807, 2.05) is 29.2 Å². The minimum Gasteiger partial charge on any atom is -0.468 e. The quantitative estimate of drug-likeness (QED) is 0.791. The summed E-state index contributed by atoms with van der Waals surface area (Å²) < 4.78 is 18.5. The lowest BCUT2D eigenvalue weighted by atomic mass is 9.94. The highest BCUT2D eigenvalue weighted by atomic mass is 19.1. The zero-order valence-corrected chi connectivity index (χ0v) is 15.3. The molecule has 0 bridgehead atoms. The number of fused-ring (bicyclic) bond motifs is 1. The number of hydrogen-bond donors (Lipinski definition) is 1. The third kappa shape index (κ3) is 4.71. The molecule has 2 aromatic carbocycles. The van der Waals surface area contributed by atoms with Crippen LogP contribution < -0.4 is 5.32 Å². The highest BCUT2D eigenvalue weighted by Gasteiger charge is 2.33. The maximum atomic E-state index is 13.6. The fourth-order valence-corrected chi connectivity index (χ4v) is 3.39. The first-order valence-corrected chi connectivity index (χ1v) is 8.97. The van der Waals surface area contributed by atoms with Gasteiger partial charge in [0.1, 0.15) is 11.9 Å². The largest absolute Gasteiger partial charge is 0.468 e. The third-order valence-electron chi connectivity index (χ3n) is 4.84. The molecule has 5 nitrogen and oxygen atoms in total. The van der Waals surface area contributed by atoms with Gasteiger partial charge >= 0.3 is 5.97 Å². The molecule has 142 valence electrons. The molecule has 3 rings (SSSR count).